The van der Waals surface area contributed by atoms with Gasteiger partial charge in [-0.2, -0.15) is 0 Å². The Morgan fingerprint density at radius 3 is 2.88 bits per heavy atom. The van der Waals surface area contributed by atoms with Gasteiger partial charge in [0.15, 0.2) is 0 Å². The molecule has 0 fully saturated rings. The first-order valence-corrected chi connectivity index (χ1v) is 8.99. The van der Waals surface area contributed by atoms with Gasteiger partial charge in [0.2, 0.25) is 5.91 Å². The van der Waals surface area contributed by atoms with Crippen LogP contribution in [0.3, 0.4) is 0 Å². The molecule has 3 rings (SSSR count). The number of hydrogen-bond acceptors (Lipinski definition) is 3. The molecule has 0 heterocycles. The van der Waals surface area contributed by atoms with Gasteiger partial charge in [0, 0.05) is 12.1 Å². The van der Waals surface area contributed by atoms with Gasteiger partial charge in [0.25, 0.3) is 0 Å². The lowest BCUT2D eigenvalue weighted by Crippen LogP contribution is -2.31. The number of hydrogen-bond donors (Lipinski definition) is 2. The number of ether oxygens (including phenoxy) is 1. The molecule has 140 valence electrons. The molecule has 0 spiro atoms. The molecular weight excluding hydrogens is 348 g/mol. The molecule has 1 amide bonds. The van der Waals surface area contributed by atoms with Crippen LogP contribution in [0.25, 0.3) is 0 Å². The van der Waals surface area contributed by atoms with E-state index in [1.165, 1.54) is 11.1 Å². The van der Waals surface area contributed by atoms with Gasteiger partial charge < -0.3 is 15.8 Å². The number of nitrogen functional groups attached to an aromatic ring is 1. The molecule has 1 aliphatic carbocycles. The van der Waals surface area contributed by atoms with E-state index in [0.717, 1.165) is 36.3 Å². The van der Waals surface area contributed by atoms with Gasteiger partial charge in [-0.15, -0.1) is 12.4 Å². The van der Waals surface area contributed by atoms with Crippen LogP contribution in [-0.4, -0.2) is 12.5 Å². The fraction of sp³-hybridized carbons (Fsp3) is 0.381. The van der Waals surface area contributed by atoms with Gasteiger partial charge >= 0.3 is 0 Å². The maximum atomic E-state index is 12.3. The van der Waals surface area contributed by atoms with E-state index in [4.69, 9.17) is 10.5 Å². The number of fused-ring (bicyclic) bond motifs is 1. The number of carbonyl (C=O) groups excluding carboxylic acids is 1. The van der Waals surface area contributed by atoms with Gasteiger partial charge in [0.05, 0.1) is 12.6 Å². The van der Waals surface area contributed by atoms with E-state index in [1.54, 1.807) is 0 Å². The smallest absolute Gasteiger partial charge is 0.220 e. The van der Waals surface area contributed by atoms with Crippen LogP contribution < -0.4 is 15.8 Å². The van der Waals surface area contributed by atoms with Gasteiger partial charge in [0.1, 0.15) is 5.75 Å². The lowest BCUT2D eigenvalue weighted by atomic mass is 9.87. The van der Waals surface area contributed by atoms with Crippen LogP contribution in [0, 0.1) is 6.92 Å². The minimum absolute atomic E-state index is 0. The van der Waals surface area contributed by atoms with E-state index in [0.29, 0.717) is 19.4 Å². The predicted molar refractivity (Wildman–Crippen MR) is 108 cm³/mol. The standard InChI is InChI=1S/C21H26N2O2.ClH/c1-15-6-2-3-9-20(15)25-13-5-10-21(24)23-19-8-4-7-16-14-17(22)11-12-18(16)19;/h2-3,6,9,11-12,14,19H,4-5,7-8,10,13,22H2,1H3,(H,23,24);1H. The highest BCUT2D eigenvalue weighted by molar-refractivity contribution is 5.85. The van der Waals surface area contributed by atoms with Crippen molar-refractivity contribution in [2.24, 2.45) is 0 Å². The predicted octanol–water partition coefficient (Wildman–Crippen LogP) is 4.35. The van der Waals surface area contributed by atoms with Crippen LogP contribution >= 0.6 is 12.4 Å². The van der Waals surface area contributed by atoms with E-state index in [-0.39, 0.29) is 24.4 Å². The Balaban J connectivity index is 0.00000243. The molecule has 0 radical (unpaired) electrons. The van der Waals surface area contributed by atoms with Crippen molar-refractivity contribution in [1.82, 2.24) is 5.32 Å². The third-order valence-electron chi connectivity index (χ3n) is 4.72. The Bertz CT molecular complexity index is 749. The van der Waals surface area contributed by atoms with Crippen molar-refractivity contribution in [2.45, 2.75) is 45.1 Å². The van der Waals surface area contributed by atoms with E-state index in [1.807, 2.05) is 43.3 Å². The zero-order chi connectivity index (χ0) is 17.6. The molecule has 1 atom stereocenters. The Kier molecular flexibility index (Phi) is 7.34. The topological polar surface area (TPSA) is 64.3 Å². The fourth-order valence-electron chi connectivity index (χ4n) is 3.38. The van der Waals surface area contributed by atoms with Crippen LogP contribution in [0.5, 0.6) is 5.75 Å². The second-order valence-corrected chi connectivity index (χ2v) is 6.69. The lowest BCUT2D eigenvalue weighted by molar-refractivity contribution is -0.122. The number of carbonyl (C=O) groups is 1. The average Bonchev–Trinajstić information content (AvgIpc) is 2.60. The highest BCUT2D eigenvalue weighted by atomic mass is 35.5. The average molecular weight is 375 g/mol. The molecule has 2 aromatic carbocycles. The number of anilines is 1. The first-order chi connectivity index (χ1) is 12.1. The molecule has 0 bridgehead atoms. The molecule has 1 unspecified atom stereocenters. The maximum Gasteiger partial charge on any atom is 0.220 e. The SMILES string of the molecule is Cc1ccccc1OCCCC(=O)NC1CCCc2cc(N)ccc21.Cl. The summed E-state index contributed by atoms with van der Waals surface area (Å²) in [7, 11) is 0. The highest BCUT2D eigenvalue weighted by Crippen LogP contribution is 2.31. The monoisotopic (exact) mass is 374 g/mol. The third kappa shape index (κ3) is 5.15. The number of para-hydroxylation sites is 1. The normalized spacial score (nSPS) is 15.5. The quantitative estimate of drug-likeness (QED) is 0.583. The summed E-state index contributed by atoms with van der Waals surface area (Å²) in [5.41, 5.74) is 10.2. The van der Waals surface area contributed by atoms with Crippen molar-refractivity contribution in [3.8, 4) is 5.75 Å². The van der Waals surface area contributed by atoms with Crippen LogP contribution in [0.1, 0.15) is 48.4 Å². The molecule has 0 saturated carbocycles. The summed E-state index contributed by atoms with van der Waals surface area (Å²) in [5.74, 6) is 0.977. The van der Waals surface area contributed by atoms with Crippen molar-refractivity contribution in [1.29, 1.82) is 0 Å². The Hall–Kier alpha value is -2.20. The molecule has 4 nitrogen and oxygen atoms in total. The fourth-order valence-corrected chi connectivity index (χ4v) is 3.38. The third-order valence-corrected chi connectivity index (χ3v) is 4.72. The van der Waals surface area contributed by atoms with Gasteiger partial charge in [-0.05, 0) is 67.5 Å². The van der Waals surface area contributed by atoms with E-state index < -0.39 is 0 Å². The summed E-state index contributed by atoms with van der Waals surface area (Å²) in [6.07, 6.45) is 4.30. The summed E-state index contributed by atoms with van der Waals surface area (Å²) in [6, 6.07) is 14.0. The minimum Gasteiger partial charge on any atom is -0.493 e. The van der Waals surface area contributed by atoms with E-state index in [2.05, 4.69) is 11.4 Å². The Morgan fingerprint density at radius 2 is 2.08 bits per heavy atom. The van der Waals surface area contributed by atoms with Gasteiger partial charge in [-0.25, -0.2) is 0 Å². The number of amides is 1. The second kappa shape index (κ2) is 9.48. The summed E-state index contributed by atoms with van der Waals surface area (Å²) in [5, 5.41) is 3.17. The van der Waals surface area contributed by atoms with Crippen molar-refractivity contribution >= 4 is 24.0 Å². The molecule has 0 aromatic heterocycles. The number of nitrogens with one attached hydrogen (secondary N) is 1. The zero-order valence-corrected chi connectivity index (χ0v) is 16.0. The van der Waals surface area contributed by atoms with Gasteiger partial charge in [-0.1, -0.05) is 24.3 Å². The largest absolute Gasteiger partial charge is 0.493 e. The molecule has 0 saturated heterocycles. The molecule has 3 N–H and O–H groups in total. The summed E-state index contributed by atoms with van der Waals surface area (Å²) in [6.45, 7) is 2.57. The van der Waals surface area contributed by atoms with E-state index in [9.17, 15) is 4.79 Å². The van der Waals surface area contributed by atoms with Crippen LogP contribution in [-0.2, 0) is 11.2 Å². The number of halogens is 1. The van der Waals surface area contributed by atoms with Crippen molar-refractivity contribution in [2.75, 3.05) is 12.3 Å². The first kappa shape index (κ1) is 20.1. The van der Waals surface area contributed by atoms with Crippen LogP contribution in [0.4, 0.5) is 5.69 Å². The number of nitrogens with two attached hydrogens (primary N) is 1. The minimum atomic E-state index is 0. The summed E-state index contributed by atoms with van der Waals surface area (Å²) >= 11 is 0. The Morgan fingerprint density at radius 1 is 1.27 bits per heavy atom. The first-order valence-electron chi connectivity index (χ1n) is 8.99. The molecule has 2 aromatic rings. The van der Waals surface area contributed by atoms with Crippen LogP contribution in [0.2, 0.25) is 0 Å². The molecule has 1 aliphatic rings. The van der Waals surface area contributed by atoms with Crippen LogP contribution in [0.15, 0.2) is 42.5 Å². The van der Waals surface area contributed by atoms with E-state index >= 15 is 0 Å². The van der Waals surface area contributed by atoms with Crippen molar-refractivity contribution in [3.05, 3.63) is 59.2 Å². The lowest BCUT2D eigenvalue weighted by Gasteiger charge is -2.26. The zero-order valence-electron chi connectivity index (χ0n) is 15.2. The Labute approximate surface area is 161 Å². The molecule has 0 aliphatic heterocycles. The molecular formula is C21H27ClN2O2. The van der Waals surface area contributed by atoms with Crippen molar-refractivity contribution < 1.29 is 9.53 Å². The highest BCUT2D eigenvalue weighted by Gasteiger charge is 2.21. The summed E-state index contributed by atoms with van der Waals surface area (Å²) in [4.78, 5) is 12.3. The number of rotatable bonds is 6. The maximum absolute atomic E-state index is 12.3. The van der Waals surface area contributed by atoms with Gasteiger partial charge in [-0.3, -0.25) is 4.79 Å². The molecule has 5 heteroatoms. The summed E-state index contributed by atoms with van der Waals surface area (Å²) < 4.78 is 5.75. The van der Waals surface area contributed by atoms with Crippen molar-refractivity contribution in [3.63, 3.8) is 0 Å². The second-order valence-electron chi connectivity index (χ2n) is 6.69. The molecule has 26 heavy (non-hydrogen) atoms. The number of benzene rings is 2. The number of aryl methyl sites for hydroxylation is 2.